The van der Waals surface area contributed by atoms with Gasteiger partial charge in [-0.3, -0.25) is 0 Å². The first-order valence-corrected chi connectivity index (χ1v) is 11.6. The van der Waals surface area contributed by atoms with Crippen molar-refractivity contribution in [2.75, 3.05) is 45.0 Å². The van der Waals surface area contributed by atoms with Crippen molar-refractivity contribution in [2.45, 2.75) is 0 Å². The number of benzene rings is 2. The van der Waals surface area contributed by atoms with Crippen LogP contribution in [0.4, 0.5) is 11.5 Å². The maximum absolute atomic E-state index is 8.55. The summed E-state index contributed by atoms with van der Waals surface area (Å²) in [6.07, 6.45) is 7.01. The number of rotatable bonds is 2. The molecule has 180 valence electrons. The van der Waals surface area contributed by atoms with Gasteiger partial charge in [-0.15, -0.1) is 6.42 Å². The lowest BCUT2D eigenvalue weighted by molar-refractivity contribution is -0.432. The van der Waals surface area contributed by atoms with Gasteiger partial charge in [0.1, 0.15) is 25.4 Å². The monoisotopic (exact) mass is 486 g/mol. The Balaban J connectivity index is 0.000000588. The Morgan fingerprint density at radius 1 is 0.912 bits per heavy atom. The van der Waals surface area contributed by atoms with Crippen molar-refractivity contribution in [3.05, 3.63) is 48.3 Å². The number of phosphoric acid groups is 1. The van der Waals surface area contributed by atoms with E-state index >= 15 is 0 Å². The maximum Gasteiger partial charge on any atom is 0.163 e. The fourth-order valence-corrected chi connectivity index (χ4v) is 2.96. The van der Waals surface area contributed by atoms with Gasteiger partial charge in [0, 0.05) is 22.7 Å². The standard InChI is InChI=1S/C22H21N3O4.H3O4P/c1-2-16-4-3-5-17(12-16)25-22-18-13-20-21(14-19(18)23-15-24-22)29-11-9-27-7-6-26-8-10-28-20;1-5(2,3)4/h1,3-5,12-15H,6-11H2,(H,23,24,25);(H3,1,2,3,4)/p-3. The first-order chi connectivity index (χ1) is 16.3. The third-order valence-corrected chi connectivity index (χ3v) is 4.34. The van der Waals surface area contributed by atoms with E-state index in [2.05, 4.69) is 21.2 Å². The number of terminal acetylenes is 1. The lowest BCUT2D eigenvalue weighted by Crippen LogP contribution is -2.24. The molecule has 0 amide bonds. The molecule has 0 fully saturated rings. The van der Waals surface area contributed by atoms with Crippen LogP contribution in [0.15, 0.2) is 42.7 Å². The van der Waals surface area contributed by atoms with Crippen LogP contribution in [0.25, 0.3) is 10.9 Å². The molecule has 2 heterocycles. The zero-order valence-electron chi connectivity index (χ0n) is 18.0. The van der Waals surface area contributed by atoms with Crippen molar-refractivity contribution in [1.82, 2.24) is 9.97 Å². The Morgan fingerprint density at radius 3 is 2.18 bits per heavy atom. The second-order valence-corrected chi connectivity index (χ2v) is 7.65. The summed E-state index contributed by atoms with van der Waals surface area (Å²) < 4.78 is 31.3. The number of hydrogen-bond acceptors (Lipinski definition) is 11. The van der Waals surface area contributed by atoms with Crippen molar-refractivity contribution in [2.24, 2.45) is 0 Å². The maximum atomic E-state index is 8.55. The van der Waals surface area contributed by atoms with Gasteiger partial charge in [0.25, 0.3) is 0 Å². The molecule has 0 unspecified atom stereocenters. The summed E-state index contributed by atoms with van der Waals surface area (Å²) in [6.45, 7) is 2.84. The summed E-state index contributed by atoms with van der Waals surface area (Å²) >= 11 is 0. The largest absolute Gasteiger partial charge is 0.822 e. The molecule has 0 saturated heterocycles. The van der Waals surface area contributed by atoms with E-state index in [4.69, 9.17) is 44.6 Å². The minimum atomic E-state index is -5.39. The van der Waals surface area contributed by atoms with E-state index in [9.17, 15) is 0 Å². The lowest BCUT2D eigenvalue weighted by atomic mass is 10.2. The number of aromatic nitrogens is 2. The Labute approximate surface area is 195 Å². The van der Waals surface area contributed by atoms with E-state index in [1.54, 1.807) is 0 Å². The molecule has 1 aromatic heterocycles. The molecule has 0 aliphatic carbocycles. The molecule has 12 heteroatoms. The third-order valence-electron chi connectivity index (χ3n) is 4.34. The van der Waals surface area contributed by atoms with Gasteiger partial charge >= 0.3 is 0 Å². The van der Waals surface area contributed by atoms with Gasteiger partial charge in [-0.2, -0.15) is 7.82 Å². The first-order valence-electron chi connectivity index (χ1n) is 10.1. The van der Waals surface area contributed by atoms with E-state index in [0.717, 1.165) is 22.2 Å². The fraction of sp³-hybridized carbons (Fsp3) is 0.273. The minimum absolute atomic E-state index is 0.405. The molecule has 0 radical (unpaired) electrons. The van der Waals surface area contributed by atoms with Crippen molar-refractivity contribution in [1.29, 1.82) is 0 Å². The van der Waals surface area contributed by atoms with E-state index in [1.807, 2.05) is 36.4 Å². The Bertz CT molecular complexity index is 1190. The van der Waals surface area contributed by atoms with Gasteiger partial charge in [0.2, 0.25) is 0 Å². The molecule has 1 N–H and O–H groups in total. The van der Waals surface area contributed by atoms with Crippen molar-refractivity contribution >= 4 is 30.2 Å². The summed E-state index contributed by atoms with van der Waals surface area (Å²) in [6, 6.07) is 11.3. The smallest absolute Gasteiger partial charge is 0.163 e. The normalized spacial score (nSPS) is 14.5. The van der Waals surface area contributed by atoms with E-state index in [1.165, 1.54) is 6.33 Å². The molecule has 3 aromatic rings. The quantitative estimate of drug-likeness (QED) is 0.393. The molecule has 1 aliphatic heterocycles. The number of anilines is 2. The second-order valence-electron chi connectivity index (χ2n) is 6.76. The zero-order chi connectivity index (χ0) is 24.4. The first kappa shape index (κ1) is 25.4. The van der Waals surface area contributed by atoms with Gasteiger partial charge in [-0.05, 0) is 24.3 Å². The van der Waals surface area contributed by atoms with Crippen LogP contribution in [0, 0.1) is 12.3 Å². The van der Waals surface area contributed by atoms with Gasteiger partial charge in [-0.1, -0.05) is 12.0 Å². The van der Waals surface area contributed by atoms with E-state index in [0.29, 0.717) is 57.0 Å². The predicted molar refractivity (Wildman–Crippen MR) is 117 cm³/mol. The molecule has 11 nitrogen and oxygen atoms in total. The number of ether oxygens (including phenoxy) is 4. The lowest BCUT2D eigenvalue weighted by Gasteiger charge is -2.36. The topological polar surface area (TPSA) is 161 Å². The summed E-state index contributed by atoms with van der Waals surface area (Å²) in [7, 11) is -5.39. The minimum Gasteiger partial charge on any atom is -0.822 e. The van der Waals surface area contributed by atoms with Gasteiger partial charge in [0.05, 0.1) is 31.9 Å². The van der Waals surface area contributed by atoms with Crippen LogP contribution in [0.3, 0.4) is 0 Å². The van der Waals surface area contributed by atoms with Crippen LogP contribution in [0.2, 0.25) is 0 Å². The summed E-state index contributed by atoms with van der Waals surface area (Å²) in [5.74, 6) is 4.51. The zero-order valence-corrected chi connectivity index (χ0v) is 18.9. The molecule has 2 aromatic carbocycles. The van der Waals surface area contributed by atoms with Crippen molar-refractivity contribution in [3.8, 4) is 23.8 Å². The Morgan fingerprint density at radius 2 is 1.53 bits per heavy atom. The van der Waals surface area contributed by atoms with Crippen molar-refractivity contribution in [3.63, 3.8) is 0 Å². The van der Waals surface area contributed by atoms with Crippen LogP contribution >= 0.6 is 7.82 Å². The van der Waals surface area contributed by atoms with Crippen LogP contribution in [-0.2, 0) is 14.0 Å². The highest BCUT2D eigenvalue weighted by atomic mass is 31.2. The molecule has 4 rings (SSSR count). The van der Waals surface area contributed by atoms with Crippen LogP contribution < -0.4 is 29.5 Å². The highest BCUT2D eigenvalue weighted by Gasteiger charge is 2.13. The molecule has 0 spiro atoms. The van der Waals surface area contributed by atoms with Crippen LogP contribution in [0.5, 0.6) is 11.5 Å². The fourth-order valence-electron chi connectivity index (χ4n) is 2.96. The third kappa shape index (κ3) is 8.28. The molecule has 0 bridgehead atoms. The number of hydrogen-bond donors (Lipinski definition) is 1. The van der Waals surface area contributed by atoms with Gasteiger partial charge in [-0.25, -0.2) is 9.97 Å². The Hall–Kier alpha value is -3.23. The number of fused-ring (bicyclic) bond motifs is 2. The molecule has 1 aliphatic rings. The summed E-state index contributed by atoms with van der Waals surface area (Å²) in [4.78, 5) is 34.4. The molecule has 0 saturated carbocycles. The highest BCUT2D eigenvalue weighted by molar-refractivity contribution is 7.40. The highest BCUT2D eigenvalue weighted by Crippen LogP contribution is 2.35. The molecular weight excluding hydrogens is 465 g/mol. The van der Waals surface area contributed by atoms with Crippen LogP contribution in [-0.4, -0.2) is 49.6 Å². The average Bonchev–Trinajstić information content (AvgIpc) is 2.78. The summed E-state index contributed by atoms with van der Waals surface area (Å²) in [5, 5.41) is 4.12. The average molecular weight is 486 g/mol. The van der Waals surface area contributed by atoms with Crippen molar-refractivity contribution < 1.29 is 38.2 Å². The molecular formula is C22H21N3O8P-3. The number of nitrogens with zero attached hydrogens (tertiary/aromatic N) is 2. The number of nitrogens with one attached hydrogen (secondary N) is 1. The Kier molecular flexibility index (Phi) is 9.18. The summed E-state index contributed by atoms with van der Waals surface area (Å²) in [5.41, 5.74) is 2.37. The van der Waals surface area contributed by atoms with Crippen LogP contribution in [0.1, 0.15) is 5.56 Å². The SMILES string of the molecule is C#Cc1cccc(Nc2ncnc3cc4c(cc23)OCCOCCOCCO4)c1.O=P([O-])([O-])[O-]. The molecule has 0 atom stereocenters. The van der Waals surface area contributed by atoms with E-state index in [-0.39, 0.29) is 0 Å². The van der Waals surface area contributed by atoms with Gasteiger partial charge in [0.15, 0.2) is 11.5 Å². The second kappa shape index (κ2) is 12.3. The van der Waals surface area contributed by atoms with E-state index < -0.39 is 7.82 Å². The molecule has 34 heavy (non-hydrogen) atoms. The van der Waals surface area contributed by atoms with Gasteiger partial charge < -0.3 is 43.5 Å². The predicted octanol–water partition coefficient (Wildman–Crippen LogP) is 0.334.